The Labute approximate surface area is 97.2 Å². The van der Waals surface area contributed by atoms with Gasteiger partial charge in [0.15, 0.2) is 0 Å². The molecule has 2 heterocycles. The smallest absolute Gasteiger partial charge is 0.313 e. The van der Waals surface area contributed by atoms with Gasteiger partial charge < -0.3 is 5.32 Å². The van der Waals surface area contributed by atoms with Gasteiger partial charge in [0.1, 0.15) is 12.2 Å². The fourth-order valence-electron chi connectivity index (χ4n) is 2.09. The highest BCUT2D eigenvalue weighted by atomic mass is 19.4. The van der Waals surface area contributed by atoms with Crippen LogP contribution in [-0.2, 0) is 13.5 Å². The van der Waals surface area contributed by atoms with Gasteiger partial charge >= 0.3 is 6.18 Å². The highest BCUT2D eigenvalue weighted by Crippen LogP contribution is 2.32. The van der Waals surface area contributed by atoms with E-state index in [2.05, 4.69) is 15.4 Å². The number of aryl methyl sites for hydroxylation is 1. The van der Waals surface area contributed by atoms with Crippen molar-refractivity contribution in [3.05, 3.63) is 12.2 Å². The molecule has 0 aromatic carbocycles. The highest BCUT2D eigenvalue weighted by molar-refractivity contribution is 4.92. The molecule has 0 saturated carbocycles. The van der Waals surface area contributed by atoms with Crippen LogP contribution in [0, 0.1) is 5.92 Å². The summed E-state index contributed by atoms with van der Waals surface area (Å²) < 4.78 is 39.0. The minimum absolute atomic E-state index is 0.00597. The number of alkyl halides is 3. The van der Waals surface area contributed by atoms with Gasteiger partial charge in [-0.2, -0.15) is 18.3 Å². The molecule has 7 heteroatoms. The van der Waals surface area contributed by atoms with Gasteiger partial charge in [-0.05, 0) is 12.8 Å². The van der Waals surface area contributed by atoms with Crippen LogP contribution in [0.3, 0.4) is 0 Å². The second-order valence-electron chi connectivity index (χ2n) is 4.43. The van der Waals surface area contributed by atoms with Gasteiger partial charge in [-0.3, -0.25) is 4.68 Å². The first-order chi connectivity index (χ1) is 7.97. The zero-order chi connectivity index (χ0) is 12.5. The molecule has 0 spiro atoms. The van der Waals surface area contributed by atoms with Crippen molar-refractivity contribution in [2.24, 2.45) is 13.0 Å². The van der Waals surface area contributed by atoms with E-state index in [1.54, 1.807) is 11.7 Å². The normalized spacial score (nSPS) is 26.1. The molecule has 4 nitrogen and oxygen atoms in total. The fraction of sp³-hybridized carbons (Fsp3) is 0.800. The third kappa shape index (κ3) is 2.96. The minimum Gasteiger partial charge on any atom is -0.313 e. The van der Waals surface area contributed by atoms with Gasteiger partial charge in [0.2, 0.25) is 0 Å². The van der Waals surface area contributed by atoms with Gasteiger partial charge in [-0.1, -0.05) is 0 Å². The lowest BCUT2D eigenvalue weighted by atomic mass is 9.92. The van der Waals surface area contributed by atoms with E-state index in [1.807, 2.05) is 0 Å². The molecule has 1 aromatic rings. The molecule has 1 N–H and O–H groups in total. The summed E-state index contributed by atoms with van der Waals surface area (Å²) in [5.74, 6) is -0.411. The van der Waals surface area contributed by atoms with Gasteiger partial charge in [0.25, 0.3) is 0 Å². The van der Waals surface area contributed by atoms with Crippen LogP contribution >= 0.6 is 0 Å². The maximum atomic E-state index is 12.4. The second-order valence-corrected chi connectivity index (χ2v) is 4.43. The topological polar surface area (TPSA) is 42.7 Å². The number of hydrogen-bond acceptors (Lipinski definition) is 3. The lowest BCUT2D eigenvalue weighted by Crippen LogP contribution is -2.45. The van der Waals surface area contributed by atoms with Crippen molar-refractivity contribution in [3.63, 3.8) is 0 Å². The van der Waals surface area contributed by atoms with Gasteiger partial charge in [-0.25, -0.2) is 4.98 Å². The Hall–Kier alpha value is -1.11. The fourth-order valence-corrected chi connectivity index (χ4v) is 2.09. The Morgan fingerprint density at radius 2 is 2.24 bits per heavy atom. The standard InChI is InChI=1S/C10H15F3N4/c1-17-9(15-6-16-17)4-8-3-2-7(5-14-8)10(11,12)13/h6-8,14H,2-5H2,1H3. The Balaban J connectivity index is 1.86. The first-order valence-electron chi connectivity index (χ1n) is 5.60. The number of nitrogens with one attached hydrogen (secondary N) is 1. The van der Waals surface area contributed by atoms with Crippen LogP contribution in [0.1, 0.15) is 18.7 Å². The zero-order valence-electron chi connectivity index (χ0n) is 9.54. The van der Waals surface area contributed by atoms with Crippen LogP contribution in [0.4, 0.5) is 13.2 Å². The van der Waals surface area contributed by atoms with Gasteiger partial charge in [-0.15, -0.1) is 0 Å². The van der Waals surface area contributed by atoms with E-state index in [9.17, 15) is 13.2 Å². The van der Waals surface area contributed by atoms with Crippen molar-refractivity contribution >= 4 is 0 Å². The number of halogens is 3. The molecule has 1 saturated heterocycles. The van der Waals surface area contributed by atoms with E-state index >= 15 is 0 Å². The largest absolute Gasteiger partial charge is 0.393 e. The summed E-state index contributed by atoms with van der Waals surface area (Å²) in [6, 6.07) is 0.0662. The minimum atomic E-state index is -4.08. The maximum Gasteiger partial charge on any atom is 0.393 e. The molecule has 1 fully saturated rings. The number of nitrogens with zero attached hydrogens (tertiary/aromatic N) is 3. The van der Waals surface area contributed by atoms with Gasteiger partial charge in [0, 0.05) is 26.1 Å². The van der Waals surface area contributed by atoms with Crippen molar-refractivity contribution in [2.75, 3.05) is 6.54 Å². The molecule has 0 amide bonds. The Morgan fingerprint density at radius 1 is 1.47 bits per heavy atom. The first kappa shape index (κ1) is 12.3. The van der Waals surface area contributed by atoms with Crippen molar-refractivity contribution < 1.29 is 13.2 Å². The van der Waals surface area contributed by atoms with Crippen LogP contribution in [0.2, 0.25) is 0 Å². The highest BCUT2D eigenvalue weighted by Gasteiger charge is 2.41. The predicted molar refractivity (Wildman–Crippen MR) is 55.3 cm³/mol. The molecule has 2 unspecified atom stereocenters. The summed E-state index contributed by atoms with van der Waals surface area (Å²) in [7, 11) is 1.78. The number of hydrogen-bond donors (Lipinski definition) is 1. The summed E-state index contributed by atoms with van der Waals surface area (Å²) in [5.41, 5.74) is 0. The molecule has 0 bridgehead atoms. The maximum absolute atomic E-state index is 12.4. The number of piperidine rings is 1. The summed E-state index contributed by atoms with van der Waals surface area (Å²) in [4.78, 5) is 4.07. The molecule has 96 valence electrons. The van der Waals surface area contributed by atoms with Crippen LogP contribution in [0.5, 0.6) is 0 Å². The third-order valence-corrected chi connectivity index (χ3v) is 3.21. The molecule has 1 aliphatic heterocycles. The summed E-state index contributed by atoms with van der Waals surface area (Å²) >= 11 is 0. The molecule has 2 rings (SSSR count). The average molecular weight is 248 g/mol. The number of rotatable bonds is 2. The van der Waals surface area contributed by atoms with E-state index in [1.165, 1.54) is 6.33 Å². The van der Waals surface area contributed by atoms with E-state index in [0.717, 1.165) is 5.82 Å². The Bertz CT molecular complexity index is 366. The first-order valence-corrected chi connectivity index (χ1v) is 5.60. The Kier molecular flexibility index (Phi) is 3.37. The monoisotopic (exact) mass is 248 g/mol. The lowest BCUT2D eigenvalue weighted by Gasteiger charge is -2.30. The van der Waals surface area contributed by atoms with Crippen molar-refractivity contribution in [1.82, 2.24) is 20.1 Å². The molecular formula is C10H15F3N4. The van der Waals surface area contributed by atoms with Crippen molar-refractivity contribution in [2.45, 2.75) is 31.5 Å². The zero-order valence-corrected chi connectivity index (χ0v) is 9.54. The van der Waals surface area contributed by atoms with Gasteiger partial charge in [0.05, 0.1) is 5.92 Å². The van der Waals surface area contributed by atoms with E-state index < -0.39 is 12.1 Å². The van der Waals surface area contributed by atoms with Crippen LogP contribution in [0.15, 0.2) is 6.33 Å². The third-order valence-electron chi connectivity index (χ3n) is 3.21. The van der Waals surface area contributed by atoms with Crippen molar-refractivity contribution in [3.8, 4) is 0 Å². The van der Waals surface area contributed by atoms with E-state index in [-0.39, 0.29) is 19.0 Å². The second kappa shape index (κ2) is 4.64. The van der Waals surface area contributed by atoms with E-state index in [0.29, 0.717) is 12.8 Å². The quantitative estimate of drug-likeness (QED) is 0.857. The summed E-state index contributed by atoms with van der Waals surface area (Å²) in [6.45, 7) is 0.00597. The molecule has 1 aliphatic rings. The molecule has 17 heavy (non-hydrogen) atoms. The number of aromatic nitrogens is 3. The Morgan fingerprint density at radius 3 is 2.71 bits per heavy atom. The van der Waals surface area contributed by atoms with Crippen LogP contribution in [0.25, 0.3) is 0 Å². The average Bonchev–Trinajstić information content (AvgIpc) is 2.64. The van der Waals surface area contributed by atoms with E-state index in [4.69, 9.17) is 0 Å². The lowest BCUT2D eigenvalue weighted by molar-refractivity contribution is -0.179. The van der Waals surface area contributed by atoms with Crippen LogP contribution < -0.4 is 5.32 Å². The molecule has 2 atom stereocenters. The summed E-state index contributed by atoms with van der Waals surface area (Å²) in [6.07, 6.45) is -1.28. The van der Waals surface area contributed by atoms with Crippen LogP contribution in [-0.4, -0.2) is 33.5 Å². The summed E-state index contributed by atoms with van der Waals surface area (Å²) in [5, 5.41) is 6.87. The molecular weight excluding hydrogens is 233 g/mol. The van der Waals surface area contributed by atoms with Crippen molar-refractivity contribution in [1.29, 1.82) is 0 Å². The molecule has 0 aliphatic carbocycles. The molecule has 0 radical (unpaired) electrons. The predicted octanol–water partition coefficient (Wildman–Crippen LogP) is 1.29. The SMILES string of the molecule is Cn1ncnc1CC1CCC(C(F)(F)F)CN1. The molecule has 1 aromatic heterocycles.